The van der Waals surface area contributed by atoms with Crippen molar-refractivity contribution in [3.05, 3.63) is 32.5 Å². The summed E-state index contributed by atoms with van der Waals surface area (Å²) in [4.78, 5) is 29.5. The highest BCUT2D eigenvalue weighted by atomic mass is 32.1. The summed E-state index contributed by atoms with van der Waals surface area (Å²) in [6, 6.07) is 0. The molecule has 0 fully saturated rings. The molecule has 0 radical (unpaired) electrons. The second-order valence-corrected chi connectivity index (χ2v) is 4.40. The van der Waals surface area contributed by atoms with Crippen molar-refractivity contribution in [1.82, 2.24) is 4.98 Å². The molecule has 0 saturated heterocycles. The minimum Gasteiger partial charge on any atom is -0.317 e. The molecule has 0 bridgehead atoms. The van der Waals surface area contributed by atoms with Crippen molar-refractivity contribution in [3.8, 4) is 0 Å². The van der Waals surface area contributed by atoms with E-state index < -0.39 is 0 Å². The van der Waals surface area contributed by atoms with E-state index in [1.165, 1.54) is 0 Å². The molecule has 1 aromatic rings. The van der Waals surface area contributed by atoms with Crippen LogP contribution in [0.2, 0.25) is 0 Å². The maximum Gasteiger partial charge on any atom is 0.304 e. The van der Waals surface area contributed by atoms with Crippen LogP contribution in [0.15, 0.2) is 22.1 Å². The molecular weight excluding hydrogens is 212 g/mol. The number of aryl methyl sites for hydroxylation is 1. The Hall–Kier alpha value is -1.49. The van der Waals surface area contributed by atoms with Gasteiger partial charge in [-0.2, -0.15) is 0 Å². The number of carbonyl (C=O) groups is 1. The van der Waals surface area contributed by atoms with Gasteiger partial charge in [-0.1, -0.05) is 17.4 Å². The highest BCUT2D eigenvalue weighted by Crippen LogP contribution is 2.30. The van der Waals surface area contributed by atoms with E-state index >= 15 is 0 Å². The smallest absolute Gasteiger partial charge is 0.304 e. The molecule has 15 heavy (non-hydrogen) atoms. The van der Waals surface area contributed by atoms with Crippen LogP contribution in [0.1, 0.15) is 16.5 Å². The van der Waals surface area contributed by atoms with Crippen LogP contribution >= 0.6 is 11.3 Å². The molecule has 0 spiro atoms. The maximum atomic E-state index is 11.2. The van der Waals surface area contributed by atoms with Crippen LogP contribution in [0.5, 0.6) is 0 Å². The number of nitrogens with zero attached hydrogens (tertiary/aromatic N) is 1. The number of H-pyrrole nitrogens is 1. The Morgan fingerprint density at radius 3 is 3.00 bits per heavy atom. The predicted molar refractivity (Wildman–Crippen MR) is 59.6 cm³/mol. The quantitative estimate of drug-likeness (QED) is 0.765. The molecule has 2 rings (SSSR count). The summed E-state index contributed by atoms with van der Waals surface area (Å²) in [5.41, 5.74) is 0.835. The minimum absolute atomic E-state index is 0.0519. The number of carbonyl (C=O) groups excluding carboxylic acids is 1. The molecule has 0 saturated carbocycles. The van der Waals surface area contributed by atoms with Crippen LogP contribution in [-0.4, -0.2) is 17.5 Å². The lowest BCUT2D eigenvalue weighted by Crippen LogP contribution is -2.16. The Morgan fingerprint density at radius 1 is 1.60 bits per heavy atom. The summed E-state index contributed by atoms with van der Waals surface area (Å²) >= 11 is 1.16. The fourth-order valence-electron chi connectivity index (χ4n) is 1.63. The average molecular weight is 222 g/mol. The molecule has 4 nitrogen and oxygen atoms in total. The maximum absolute atomic E-state index is 11.2. The number of hydrogen-bond donors (Lipinski definition) is 1. The van der Waals surface area contributed by atoms with E-state index in [2.05, 4.69) is 9.98 Å². The number of rotatable bonds is 2. The lowest BCUT2D eigenvalue weighted by molar-refractivity contribution is -0.109. The summed E-state index contributed by atoms with van der Waals surface area (Å²) in [7, 11) is 0. The number of thiazole rings is 1. The monoisotopic (exact) mass is 222 g/mol. The predicted octanol–water partition coefficient (Wildman–Crippen LogP) is 1.24. The first-order valence-electron chi connectivity index (χ1n) is 4.57. The third-order valence-corrected chi connectivity index (χ3v) is 3.46. The van der Waals surface area contributed by atoms with Gasteiger partial charge in [0, 0.05) is 28.9 Å². The van der Waals surface area contributed by atoms with Gasteiger partial charge in [0.2, 0.25) is 0 Å². The Balaban J connectivity index is 2.41. The molecule has 1 aliphatic heterocycles. The van der Waals surface area contributed by atoms with Crippen molar-refractivity contribution in [1.29, 1.82) is 0 Å². The summed E-state index contributed by atoms with van der Waals surface area (Å²) in [5.74, 6) is -0.316. The third-order valence-electron chi connectivity index (χ3n) is 2.37. The van der Waals surface area contributed by atoms with E-state index in [0.29, 0.717) is 0 Å². The van der Waals surface area contributed by atoms with Crippen molar-refractivity contribution in [3.63, 3.8) is 0 Å². The Labute approximate surface area is 90.4 Å². The van der Waals surface area contributed by atoms with Gasteiger partial charge in [0.25, 0.3) is 0 Å². The number of aliphatic imine (C=N–C) groups is 1. The van der Waals surface area contributed by atoms with Crippen LogP contribution in [0, 0.1) is 12.8 Å². The van der Waals surface area contributed by atoms with Gasteiger partial charge in [-0.25, -0.2) is 0 Å². The van der Waals surface area contributed by atoms with Crippen molar-refractivity contribution in [2.75, 3.05) is 0 Å². The Morgan fingerprint density at radius 2 is 2.40 bits per heavy atom. The van der Waals surface area contributed by atoms with Crippen LogP contribution < -0.4 is 4.87 Å². The number of aromatic amines is 1. The molecule has 0 amide bonds. The molecule has 5 heteroatoms. The molecule has 2 unspecified atom stereocenters. The van der Waals surface area contributed by atoms with Gasteiger partial charge in [-0.05, 0) is 6.92 Å². The van der Waals surface area contributed by atoms with E-state index in [0.717, 1.165) is 28.2 Å². The van der Waals surface area contributed by atoms with E-state index in [-0.39, 0.29) is 16.7 Å². The van der Waals surface area contributed by atoms with Gasteiger partial charge in [0.05, 0.1) is 5.92 Å². The lowest BCUT2D eigenvalue weighted by atomic mass is 9.91. The first-order valence-corrected chi connectivity index (χ1v) is 5.39. The molecule has 0 aliphatic carbocycles. The topological polar surface area (TPSA) is 62.3 Å². The SMILES string of the molecule is Cc1[nH]c(=O)sc1C1C=CN=CC1C=O. The molecule has 1 N–H and O–H groups in total. The van der Waals surface area contributed by atoms with Crippen LogP contribution in [0.25, 0.3) is 0 Å². The van der Waals surface area contributed by atoms with Crippen LogP contribution in [0.4, 0.5) is 0 Å². The van der Waals surface area contributed by atoms with Gasteiger partial charge in [0.1, 0.15) is 6.29 Å². The van der Waals surface area contributed by atoms with E-state index in [9.17, 15) is 9.59 Å². The van der Waals surface area contributed by atoms with E-state index in [1.807, 2.05) is 13.0 Å². The summed E-state index contributed by atoms with van der Waals surface area (Å²) in [6.45, 7) is 1.84. The van der Waals surface area contributed by atoms with Gasteiger partial charge < -0.3 is 9.78 Å². The van der Waals surface area contributed by atoms with Gasteiger partial charge >= 0.3 is 4.87 Å². The molecular formula is C10H10N2O2S. The second kappa shape index (κ2) is 3.94. The molecule has 1 aromatic heterocycles. The van der Waals surface area contributed by atoms with Crippen molar-refractivity contribution in [2.45, 2.75) is 12.8 Å². The minimum atomic E-state index is -0.264. The average Bonchev–Trinajstić information content (AvgIpc) is 2.57. The fraction of sp³-hybridized carbons (Fsp3) is 0.300. The van der Waals surface area contributed by atoms with Gasteiger partial charge in [-0.15, -0.1) is 0 Å². The number of allylic oxidation sites excluding steroid dienone is 1. The first kappa shape index (κ1) is 10.0. The largest absolute Gasteiger partial charge is 0.317 e. The van der Waals surface area contributed by atoms with E-state index in [1.54, 1.807) is 12.4 Å². The Bertz CT molecular complexity index is 484. The number of aldehydes is 1. The zero-order valence-electron chi connectivity index (χ0n) is 8.14. The number of nitrogens with one attached hydrogen (secondary N) is 1. The molecule has 0 aromatic carbocycles. The fourth-order valence-corrected chi connectivity index (χ4v) is 2.61. The number of aromatic nitrogens is 1. The molecule has 78 valence electrons. The molecule has 2 heterocycles. The van der Waals surface area contributed by atoms with Crippen LogP contribution in [-0.2, 0) is 4.79 Å². The summed E-state index contributed by atoms with van der Waals surface area (Å²) < 4.78 is 0. The second-order valence-electron chi connectivity index (χ2n) is 3.38. The third kappa shape index (κ3) is 1.83. The molecule has 1 aliphatic rings. The van der Waals surface area contributed by atoms with Crippen molar-refractivity contribution < 1.29 is 4.79 Å². The highest BCUT2D eigenvalue weighted by Gasteiger charge is 2.24. The first-order chi connectivity index (χ1) is 7.22. The summed E-state index contributed by atoms with van der Waals surface area (Å²) in [6.07, 6.45) is 5.99. The van der Waals surface area contributed by atoms with Crippen LogP contribution in [0.3, 0.4) is 0 Å². The number of hydrogen-bond acceptors (Lipinski definition) is 4. The molecule has 2 atom stereocenters. The zero-order chi connectivity index (χ0) is 10.8. The highest BCUT2D eigenvalue weighted by molar-refractivity contribution is 7.09. The van der Waals surface area contributed by atoms with E-state index in [4.69, 9.17) is 0 Å². The van der Waals surface area contributed by atoms with Gasteiger partial charge in [-0.3, -0.25) is 9.79 Å². The summed E-state index contributed by atoms with van der Waals surface area (Å²) in [5, 5.41) is 0. The van der Waals surface area contributed by atoms with Gasteiger partial charge in [0.15, 0.2) is 0 Å². The lowest BCUT2D eigenvalue weighted by Gasteiger charge is -2.17. The van der Waals surface area contributed by atoms with Crippen molar-refractivity contribution >= 4 is 23.8 Å². The van der Waals surface area contributed by atoms with Crippen molar-refractivity contribution in [2.24, 2.45) is 10.9 Å². The Kier molecular flexibility index (Phi) is 2.64. The standard InChI is InChI=1S/C10H10N2O2S/c1-6-9(15-10(14)12-6)8-2-3-11-4-7(8)5-13/h2-5,7-8H,1H3,(H,12,14). The normalized spacial score (nSPS) is 24.3. The zero-order valence-corrected chi connectivity index (χ0v) is 8.95.